The quantitative estimate of drug-likeness (QED) is 0.392. The first kappa shape index (κ1) is 22.3. The van der Waals surface area contributed by atoms with Gasteiger partial charge in [-0.1, -0.05) is 18.2 Å². The molecule has 35 heavy (non-hydrogen) atoms. The number of amides is 2. The number of nitrogens with one attached hydrogen (secondary N) is 3. The Morgan fingerprint density at radius 1 is 1.17 bits per heavy atom. The van der Waals surface area contributed by atoms with Crippen molar-refractivity contribution in [3.63, 3.8) is 0 Å². The van der Waals surface area contributed by atoms with Crippen LogP contribution in [0.2, 0.25) is 0 Å². The summed E-state index contributed by atoms with van der Waals surface area (Å²) in [4.78, 5) is 33.0. The average molecular weight is 475 g/mol. The van der Waals surface area contributed by atoms with Crippen LogP contribution in [-0.2, 0) is 24.9 Å². The standard InChI is InChI=1S/C24H22FN7O3/c1-13-7-14(3-5-16(13)25)10-27-24(34)21-22-20(28-12-29-21)23(31-32(22)2)26-9-15-4-6-18-17(8-15)30-19(33)11-35-18/h3-8,12H,9-11H2,1-2H3,(H,26,31)(H,27,34)(H,30,33). The van der Waals surface area contributed by atoms with E-state index in [9.17, 15) is 14.0 Å². The third-order valence-electron chi connectivity index (χ3n) is 5.65. The molecule has 1 aliphatic heterocycles. The number of benzene rings is 2. The van der Waals surface area contributed by atoms with Gasteiger partial charge in [-0.3, -0.25) is 14.3 Å². The molecule has 0 bridgehead atoms. The Kier molecular flexibility index (Phi) is 5.73. The third kappa shape index (κ3) is 4.47. The molecule has 178 valence electrons. The highest BCUT2D eigenvalue weighted by atomic mass is 19.1. The highest BCUT2D eigenvalue weighted by Crippen LogP contribution is 2.29. The number of carbonyl (C=O) groups excluding carboxylic acids is 2. The fourth-order valence-electron chi connectivity index (χ4n) is 3.90. The van der Waals surface area contributed by atoms with Gasteiger partial charge in [0.15, 0.2) is 18.1 Å². The van der Waals surface area contributed by atoms with Crippen molar-refractivity contribution in [1.82, 2.24) is 25.1 Å². The first-order valence-electron chi connectivity index (χ1n) is 10.9. The second kappa shape index (κ2) is 9.01. The van der Waals surface area contributed by atoms with E-state index in [4.69, 9.17) is 4.74 Å². The Balaban J connectivity index is 1.33. The van der Waals surface area contributed by atoms with Gasteiger partial charge in [-0.25, -0.2) is 14.4 Å². The maximum absolute atomic E-state index is 13.5. The zero-order valence-electron chi connectivity index (χ0n) is 19.1. The Morgan fingerprint density at radius 2 is 1.97 bits per heavy atom. The summed E-state index contributed by atoms with van der Waals surface area (Å²) in [5, 5.41) is 13.3. The number of ether oxygens (including phenoxy) is 1. The molecule has 0 aliphatic carbocycles. The highest BCUT2D eigenvalue weighted by molar-refractivity contribution is 6.05. The SMILES string of the molecule is Cc1cc(CNC(=O)c2ncnc3c(NCc4ccc5c(c4)NC(=O)CO5)nn(C)c23)ccc1F. The first-order chi connectivity index (χ1) is 16.9. The molecule has 5 rings (SSSR count). The van der Waals surface area contributed by atoms with Gasteiger partial charge in [0.05, 0.1) is 5.69 Å². The first-order valence-corrected chi connectivity index (χ1v) is 10.9. The summed E-state index contributed by atoms with van der Waals surface area (Å²) in [5.41, 5.74) is 3.97. The van der Waals surface area contributed by atoms with Crippen LogP contribution in [0.4, 0.5) is 15.9 Å². The molecule has 1 aliphatic rings. The molecule has 4 aromatic rings. The molecule has 0 saturated heterocycles. The molecule has 0 saturated carbocycles. The van der Waals surface area contributed by atoms with E-state index >= 15 is 0 Å². The van der Waals surface area contributed by atoms with Crippen molar-refractivity contribution in [1.29, 1.82) is 0 Å². The van der Waals surface area contributed by atoms with E-state index in [1.807, 2.05) is 12.1 Å². The van der Waals surface area contributed by atoms with Gasteiger partial charge < -0.3 is 20.7 Å². The second-order valence-electron chi connectivity index (χ2n) is 8.18. The average Bonchev–Trinajstić information content (AvgIpc) is 3.18. The van der Waals surface area contributed by atoms with E-state index < -0.39 is 0 Å². The predicted molar refractivity (Wildman–Crippen MR) is 127 cm³/mol. The topological polar surface area (TPSA) is 123 Å². The predicted octanol–water partition coefficient (Wildman–Crippen LogP) is 2.68. The lowest BCUT2D eigenvalue weighted by molar-refractivity contribution is -0.118. The van der Waals surface area contributed by atoms with Crippen molar-refractivity contribution in [2.45, 2.75) is 20.0 Å². The minimum absolute atomic E-state index is 0.00365. The van der Waals surface area contributed by atoms with Crippen molar-refractivity contribution in [2.75, 3.05) is 17.2 Å². The van der Waals surface area contributed by atoms with Crippen LogP contribution >= 0.6 is 0 Å². The van der Waals surface area contributed by atoms with Gasteiger partial charge >= 0.3 is 0 Å². The number of hydrogen-bond acceptors (Lipinski definition) is 7. The number of halogens is 1. The molecule has 0 radical (unpaired) electrons. The number of fused-ring (bicyclic) bond motifs is 2. The fraction of sp³-hybridized carbons (Fsp3) is 0.208. The lowest BCUT2D eigenvalue weighted by Gasteiger charge is -2.18. The van der Waals surface area contributed by atoms with Crippen molar-refractivity contribution < 1.29 is 18.7 Å². The van der Waals surface area contributed by atoms with Crippen LogP contribution in [0.1, 0.15) is 27.2 Å². The summed E-state index contributed by atoms with van der Waals surface area (Å²) in [6.45, 7) is 2.31. The van der Waals surface area contributed by atoms with Crippen LogP contribution in [0.15, 0.2) is 42.7 Å². The molecule has 2 amide bonds. The molecular weight excluding hydrogens is 453 g/mol. The summed E-state index contributed by atoms with van der Waals surface area (Å²) >= 11 is 0. The smallest absolute Gasteiger partial charge is 0.272 e. The summed E-state index contributed by atoms with van der Waals surface area (Å²) in [6, 6.07) is 10.2. The van der Waals surface area contributed by atoms with E-state index in [2.05, 4.69) is 31.0 Å². The number of carbonyl (C=O) groups is 2. The molecule has 10 nitrogen and oxygen atoms in total. The number of aromatic nitrogens is 4. The maximum atomic E-state index is 13.5. The molecule has 0 atom stereocenters. The number of anilines is 2. The number of aryl methyl sites for hydroxylation is 2. The van der Waals surface area contributed by atoms with E-state index in [1.165, 1.54) is 12.4 Å². The Bertz CT molecular complexity index is 1470. The number of nitrogens with zero attached hydrogens (tertiary/aromatic N) is 4. The Hall–Kier alpha value is -4.54. The molecule has 0 fully saturated rings. The van der Waals surface area contributed by atoms with Gasteiger partial charge in [0, 0.05) is 20.1 Å². The van der Waals surface area contributed by atoms with E-state index in [0.717, 1.165) is 11.1 Å². The normalized spacial score (nSPS) is 12.6. The minimum Gasteiger partial charge on any atom is -0.482 e. The molecule has 3 heterocycles. The Labute approximate surface area is 199 Å². The van der Waals surface area contributed by atoms with E-state index in [1.54, 1.807) is 36.9 Å². The minimum atomic E-state index is -0.389. The maximum Gasteiger partial charge on any atom is 0.272 e. The Morgan fingerprint density at radius 3 is 2.80 bits per heavy atom. The van der Waals surface area contributed by atoms with Crippen molar-refractivity contribution >= 4 is 34.4 Å². The molecular formula is C24H22FN7O3. The monoisotopic (exact) mass is 475 g/mol. The highest BCUT2D eigenvalue weighted by Gasteiger charge is 2.20. The summed E-state index contributed by atoms with van der Waals surface area (Å²) in [7, 11) is 1.71. The molecule has 2 aromatic heterocycles. The van der Waals surface area contributed by atoms with E-state index in [-0.39, 0.29) is 36.5 Å². The molecule has 2 aromatic carbocycles. The van der Waals surface area contributed by atoms with Crippen LogP contribution < -0.4 is 20.7 Å². The van der Waals surface area contributed by atoms with Crippen LogP contribution in [0.25, 0.3) is 11.0 Å². The lowest BCUT2D eigenvalue weighted by Crippen LogP contribution is -2.25. The van der Waals surface area contributed by atoms with Gasteiger partial charge in [-0.2, -0.15) is 5.10 Å². The summed E-state index contributed by atoms with van der Waals surface area (Å²) in [6.07, 6.45) is 1.32. The van der Waals surface area contributed by atoms with Crippen molar-refractivity contribution in [3.05, 3.63) is 70.9 Å². The number of hydrogen-bond donors (Lipinski definition) is 3. The van der Waals surface area contributed by atoms with Gasteiger partial charge in [-0.05, 0) is 41.8 Å². The number of rotatable bonds is 6. The van der Waals surface area contributed by atoms with Gasteiger partial charge in [-0.15, -0.1) is 0 Å². The molecule has 0 spiro atoms. The van der Waals surface area contributed by atoms with Crippen LogP contribution in [0, 0.1) is 12.7 Å². The third-order valence-corrected chi connectivity index (χ3v) is 5.65. The van der Waals surface area contributed by atoms with Crippen LogP contribution in [0.3, 0.4) is 0 Å². The largest absolute Gasteiger partial charge is 0.482 e. The molecule has 3 N–H and O–H groups in total. The van der Waals surface area contributed by atoms with Crippen molar-refractivity contribution in [2.24, 2.45) is 7.05 Å². The van der Waals surface area contributed by atoms with Gasteiger partial charge in [0.2, 0.25) is 0 Å². The van der Waals surface area contributed by atoms with Gasteiger partial charge in [0.1, 0.15) is 28.9 Å². The zero-order chi connectivity index (χ0) is 24.5. The second-order valence-corrected chi connectivity index (χ2v) is 8.18. The van der Waals surface area contributed by atoms with Crippen LogP contribution in [0.5, 0.6) is 5.75 Å². The molecule has 0 unspecified atom stereocenters. The lowest BCUT2D eigenvalue weighted by atomic mass is 10.1. The van der Waals surface area contributed by atoms with Crippen molar-refractivity contribution in [3.8, 4) is 5.75 Å². The summed E-state index contributed by atoms with van der Waals surface area (Å²) in [5.74, 6) is 0.234. The molecule has 11 heteroatoms. The van der Waals surface area contributed by atoms with E-state index in [0.29, 0.717) is 40.4 Å². The summed E-state index contributed by atoms with van der Waals surface area (Å²) < 4.78 is 20.4. The van der Waals surface area contributed by atoms with Gasteiger partial charge in [0.25, 0.3) is 11.8 Å². The van der Waals surface area contributed by atoms with Crippen LogP contribution in [-0.4, -0.2) is 38.2 Å². The fourth-order valence-corrected chi connectivity index (χ4v) is 3.90. The zero-order valence-corrected chi connectivity index (χ0v) is 19.1.